The first-order valence-corrected chi connectivity index (χ1v) is 10.2. The van der Waals surface area contributed by atoms with E-state index in [0.717, 1.165) is 37.0 Å². The molecule has 0 aromatic carbocycles. The first kappa shape index (κ1) is 14.8. The van der Waals surface area contributed by atoms with E-state index >= 15 is 0 Å². The molecule has 3 aliphatic rings. The number of fused-ring (bicyclic) bond motifs is 1. The van der Waals surface area contributed by atoms with E-state index in [1.807, 2.05) is 0 Å². The van der Waals surface area contributed by atoms with Crippen LogP contribution in [0.15, 0.2) is 0 Å². The highest BCUT2D eigenvalue weighted by molar-refractivity contribution is 7.09. The number of aryl methyl sites for hydroxylation is 1. The molecule has 2 aliphatic heterocycles. The van der Waals surface area contributed by atoms with Gasteiger partial charge in [0.1, 0.15) is 17.5 Å². The number of hydrogen-bond donors (Lipinski definition) is 0. The van der Waals surface area contributed by atoms with E-state index in [9.17, 15) is 0 Å². The van der Waals surface area contributed by atoms with Gasteiger partial charge < -0.3 is 9.47 Å². The molecule has 1 atom stereocenters. The van der Waals surface area contributed by atoms with Crippen LogP contribution >= 0.6 is 11.5 Å². The normalized spacial score (nSPS) is 24.7. The number of aromatic nitrogens is 5. The van der Waals surface area contributed by atoms with Gasteiger partial charge in [0.2, 0.25) is 5.13 Å². The molecule has 0 spiro atoms. The number of hydrogen-bond acceptors (Lipinski definition) is 6. The van der Waals surface area contributed by atoms with Crippen LogP contribution < -0.4 is 4.90 Å². The molecule has 0 amide bonds. The summed E-state index contributed by atoms with van der Waals surface area (Å²) >= 11 is 1.58. The molecular weight excluding hydrogens is 320 g/mol. The lowest BCUT2D eigenvalue weighted by molar-refractivity contribution is 0.465. The van der Waals surface area contributed by atoms with Gasteiger partial charge in [-0.2, -0.15) is 4.37 Å². The fourth-order valence-corrected chi connectivity index (χ4v) is 4.81. The SMILES string of the molecule is C1CCc2nnc(C3CCCN(c4nc(C5CC5)ns4)C3)n2CC1. The zero-order valence-corrected chi connectivity index (χ0v) is 14.8. The Labute approximate surface area is 146 Å². The zero-order chi connectivity index (χ0) is 15.9. The molecule has 7 heteroatoms. The lowest BCUT2D eigenvalue weighted by atomic mass is 9.97. The van der Waals surface area contributed by atoms with Crippen molar-refractivity contribution in [3.8, 4) is 0 Å². The van der Waals surface area contributed by atoms with Crippen molar-refractivity contribution in [2.24, 2.45) is 0 Å². The lowest BCUT2D eigenvalue weighted by Crippen LogP contribution is -2.35. The Morgan fingerprint density at radius 1 is 0.917 bits per heavy atom. The molecule has 0 bridgehead atoms. The fraction of sp³-hybridized carbons (Fsp3) is 0.765. The van der Waals surface area contributed by atoms with Gasteiger partial charge in [0.15, 0.2) is 0 Å². The summed E-state index contributed by atoms with van der Waals surface area (Å²) < 4.78 is 6.99. The second-order valence-corrected chi connectivity index (χ2v) is 8.16. The van der Waals surface area contributed by atoms with Gasteiger partial charge in [-0.05, 0) is 38.5 Å². The highest BCUT2D eigenvalue weighted by atomic mass is 32.1. The van der Waals surface area contributed by atoms with Crippen LogP contribution in [0.3, 0.4) is 0 Å². The van der Waals surface area contributed by atoms with Gasteiger partial charge in [0.05, 0.1) is 0 Å². The number of anilines is 1. The molecule has 1 aliphatic carbocycles. The van der Waals surface area contributed by atoms with E-state index in [1.165, 1.54) is 56.6 Å². The molecule has 0 N–H and O–H groups in total. The second-order valence-electron chi connectivity index (χ2n) is 7.43. The topological polar surface area (TPSA) is 59.7 Å². The van der Waals surface area contributed by atoms with Crippen molar-refractivity contribution < 1.29 is 0 Å². The van der Waals surface area contributed by atoms with Crippen LogP contribution in [0.4, 0.5) is 5.13 Å². The highest BCUT2D eigenvalue weighted by Gasteiger charge is 2.31. The van der Waals surface area contributed by atoms with Gasteiger partial charge in [0, 0.05) is 49.4 Å². The molecule has 1 unspecified atom stereocenters. The molecule has 0 radical (unpaired) electrons. The standard InChI is InChI=1S/C17H24N6S/c1-2-6-14-19-20-16(23(14)10-3-1)13-5-4-9-22(11-13)17-18-15(21-24-17)12-7-8-12/h12-13H,1-11H2. The third-order valence-corrected chi connectivity index (χ3v) is 6.36. The van der Waals surface area contributed by atoms with Gasteiger partial charge in [-0.15, -0.1) is 10.2 Å². The molecule has 2 aromatic rings. The molecule has 4 heterocycles. The Kier molecular flexibility index (Phi) is 3.76. The summed E-state index contributed by atoms with van der Waals surface area (Å²) in [6, 6.07) is 0. The van der Waals surface area contributed by atoms with Crippen molar-refractivity contribution in [1.82, 2.24) is 24.1 Å². The summed E-state index contributed by atoms with van der Waals surface area (Å²) in [4.78, 5) is 7.23. The van der Waals surface area contributed by atoms with Crippen molar-refractivity contribution in [2.75, 3.05) is 18.0 Å². The Morgan fingerprint density at radius 3 is 2.79 bits per heavy atom. The predicted octanol–water partition coefficient (Wildman–Crippen LogP) is 3.12. The van der Waals surface area contributed by atoms with Crippen LogP contribution in [-0.4, -0.2) is 37.2 Å². The summed E-state index contributed by atoms with van der Waals surface area (Å²) in [6.07, 6.45) is 9.86. The van der Waals surface area contributed by atoms with Crippen LogP contribution in [0.1, 0.15) is 74.3 Å². The Bertz CT molecular complexity index is 718. The maximum Gasteiger partial charge on any atom is 0.205 e. The summed E-state index contributed by atoms with van der Waals surface area (Å²) in [5, 5.41) is 10.2. The van der Waals surface area contributed by atoms with Gasteiger partial charge >= 0.3 is 0 Å². The first-order chi connectivity index (χ1) is 11.9. The summed E-state index contributed by atoms with van der Waals surface area (Å²) in [5.41, 5.74) is 0. The lowest BCUT2D eigenvalue weighted by Gasteiger charge is -2.31. The molecule has 1 saturated heterocycles. The van der Waals surface area contributed by atoms with Gasteiger partial charge in [-0.25, -0.2) is 4.98 Å². The molecular formula is C17H24N6S. The van der Waals surface area contributed by atoms with E-state index < -0.39 is 0 Å². The van der Waals surface area contributed by atoms with Crippen LogP contribution in [0, 0.1) is 0 Å². The van der Waals surface area contributed by atoms with Crippen molar-refractivity contribution in [2.45, 2.75) is 69.7 Å². The zero-order valence-electron chi connectivity index (χ0n) is 14.0. The van der Waals surface area contributed by atoms with E-state index in [0.29, 0.717) is 11.8 Å². The molecule has 2 aromatic heterocycles. The largest absolute Gasteiger partial charge is 0.346 e. The fourth-order valence-electron chi connectivity index (χ4n) is 4.03. The van der Waals surface area contributed by atoms with Gasteiger partial charge in [0.25, 0.3) is 0 Å². The number of rotatable bonds is 3. The average molecular weight is 344 g/mol. The van der Waals surface area contributed by atoms with Crippen LogP contribution in [0.2, 0.25) is 0 Å². The Balaban J connectivity index is 1.36. The monoisotopic (exact) mass is 344 g/mol. The molecule has 6 nitrogen and oxygen atoms in total. The number of piperidine rings is 1. The minimum absolute atomic E-state index is 0.478. The maximum absolute atomic E-state index is 4.80. The van der Waals surface area contributed by atoms with Crippen LogP contribution in [-0.2, 0) is 13.0 Å². The highest BCUT2D eigenvalue weighted by Crippen LogP contribution is 2.40. The molecule has 128 valence electrons. The molecule has 2 fully saturated rings. The quantitative estimate of drug-likeness (QED) is 0.856. The smallest absolute Gasteiger partial charge is 0.205 e. The van der Waals surface area contributed by atoms with Crippen LogP contribution in [0.5, 0.6) is 0 Å². The minimum atomic E-state index is 0.478. The van der Waals surface area contributed by atoms with E-state index in [-0.39, 0.29) is 0 Å². The van der Waals surface area contributed by atoms with Crippen molar-refractivity contribution in [3.05, 3.63) is 17.5 Å². The van der Waals surface area contributed by atoms with Crippen LogP contribution in [0.25, 0.3) is 0 Å². The predicted molar refractivity (Wildman–Crippen MR) is 93.6 cm³/mol. The third kappa shape index (κ3) is 2.72. The third-order valence-electron chi connectivity index (χ3n) is 5.57. The van der Waals surface area contributed by atoms with E-state index in [1.54, 1.807) is 11.5 Å². The van der Waals surface area contributed by atoms with Crippen molar-refractivity contribution in [1.29, 1.82) is 0 Å². The summed E-state index contributed by atoms with van der Waals surface area (Å²) in [5.74, 6) is 4.61. The average Bonchev–Trinajstić information content (AvgIpc) is 3.29. The molecule has 24 heavy (non-hydrogen) atoms. The Morgan fingerprint density at radius 2 is 1.88 bits per heavy atom. The van der Waals surface area contributed by atoms with Gasteiger partial charge in [-0.1, -0.05) is 6.42 Å². The van der Waals surface area contributed by atoms with Crippen molar-refractivity contribution in [3.63, 3.8) is 0 Å². The minimum Gasteiger partial charge on any atom is -0.346 e. The maximum atomic E-state index is 4.80. The van der Waals surface area contributed by atoms with Crippen molar-refractivity contribution >= 4 is 16.7 Å². The Hall–Kier alpha value is -1.50. The molecule has 5 rings (SSSR count). The summed E-state index contributed by atoms with van der Waals surface area (Å²) in [7, 11) is 0. The number of nitrogens with zero attached hydrogens (tertiary/aromatic N) is 6. The second kappa shape index (κ2) is 6.10. The van der Waals surface area contributed by atoms with E-state index in [4.69, 9.17) is 4.98 Å². The van der Waals surface area contributed by atoms with Gasteiger partial charge in [-0.3, -0.25) is 0 Å². The summed E-state index contributed by atoms with van der Waals surface area (Å²) in [6.45, 7) is 3.20. The van der Waals surface area contributed by atoms with E-state index in [2.05, 4.69) is 24.0 Å². The first-order valence-electron chi connectivity index (χ1n) is 9.39. The molecule has 1 saturated carbocycles.